The molecule has 0 fully saturated rings. The lowest BCUT2D eigenvalue weighted by Crippen LogP contribution is -2.07. The Morgan fingerprint density at radius 1 is 1.36 bits per heavy atom. The van der Waals surface area contributed by atoms with Crippen molar-refractivity contribution in [3.05, 3.63) is 30.2 Å². The van der Waals surface area contributed by atoms with E-state index in [1.54, 1.807) is 0 Å². The lowest BCUT2D eigenvalue weighted by molar-refractivity contribution is -0.136. The lowest BCUT2D eigenvalue weighted by atomic mass is 10.2. The summed E-state index contributed by atoms with van der Waals surface area (Å²) in [6.07, 6.45) is -0.994. The highest BCUT2D eigenvalue weighted by Gasteiger charge is 2.34. The molecule has 0 unspecified atom stereocenters. The fourth-order valence-electron chi connectivity index (χ4n) is 1.32. The molecule has 0 aliphatic rings. The summed E-state index contributed by atoms with van der Waals surface area (Å²) in [7, 11) is 0. The summed E-state index contributed by atoms with van der Waals surface area (Å²) in [4.78, 5) is 3.63. The van der Waals surface area contributed by atoms with E-state index in [9.17, 15) is 13.2 Å². The molecule has 0 aliphatic heterocycles. The second-order valence-corrected chi connectivity index (χ2v) is 2.84. The van der Waals surface area contributed by atoms with Gasteiger partial charge in [0.1, 0.15) is 0 Å². The van der Waals surface area contributed by atoms with Gasteiger partial charge in [0.2, 0.25) is 0 Å². The number of pyridine rings is 1. The van der Waals surface area contributed by atoms with Crippen LogP contribution in [0.4, 0.5) is 13.2 Å². The van der Waals surface area contributed by atoms with E-state index in [-0.39, 0.29) is 5.39 Å². The van der Waals surface area contributed by atoms with Gasteiger partial charge in [0.05, 0.1) is 11.1 Å². The third-order valence-electron chi connectivity index (χ3n) is 1.94. The largest absolute Gasteiger partial charge is 0.418 e. The number of aromatic nitrogens is 2. The molecular formula is C8H6F3N3. The second-order valence-electron chi connectivity index (χ2n) is 2.84. The fourth-order valence-corrected chi connectivity index (χ4v) is 1.32. The molecular weight excluding hydrogens is 195 g/mol. The number of nitrogens with two attached hydrogens (primary N) is 1. The van der Waals surface area contributed by atoms with Crippen molar-refractivity contribution >= 4 is 10.9 Å². The summed E-state index contributed by atoms with van der Waals surface area (Å²) < 4.78 is 38.2. The van der Waals surface area contributed by atoms with E-state index in [1.165, 1.54) is 12.3 Å². The Bertz CT molecular complexity index is 472. The third kappa shape index (κ3) is 1.19. The van der Waals surface area contributed by atoms with Gasteiger partial charge >= 0.3 is 6.18 Å². The molecule has 0 saturated carbocycles. The van der Waals surface area contributed by atoms with E-state index >= 15 is 0 Å². The first-order chi connectivity index (χ1) is 6.50. The summed E-state index contributed by atoms with van der Waals surface area (Å²) in [5.74, 6) is 5.36. The van der Waals surface area contributed by atoms with E-state index in [4.69, 9.17) is 5.84 Å². The minimum absolute atomic E-state index is 0.0162. The van der Waals surface area contributed by atoms with E-state index in [0.717, 1.165) is 17.1 Å². The topological polar surface area (TPSA) is 43.8 Å². The minimum atomic E-state index is -4.40. The van der Waals surface area contributed by atoms with Gasteiger partial charge in [-0.1, -0.05) is 0 Å². The summed E-state index contributed by atoms with van der Waals surface area (Å²) >= 11 is 0. The normalized spacial score (nSPS) is 12.2. The number of halogens is 3. The van der Waals surface area contributed by atoms with Gasteiger partial charge in [-0.3, -0.25) is 9.66 Å². The first kappa shape index (κ1) is 8.86. The average Bonchev–Trinajstić information content (AvgIpc) is 2.44. The van der Waals surface area contributed by atoms with Crippen molar-refractivity contribution in [2.45, 2.75) is 6.18 Å². The molecule has 3 nitrogen and oxygen atoms in total. The highest BCUT2D eigenvalue weighted by Crippen LogP contribution is 2.34. The van der Waals surface area contributed by atoms with Gasteiger partial charge in [-0.05, 0) is 6.07 Å². The minimum Gasteiger partial charge on any atom is -0.339 e. The zero-order valence-electron chi connectivity index (χ0n) is 6.92. The molecule has 0 atom stereocenters. The Hall–Kier alpha value is -1.72. The van der Waals surface area contributed by atoms with Crippen molar-refractivity contribution in [2.75, 3.05) is 5.84 Å². The van der Waals surface area contributed by atoms with Crippen LogP contribution >= 0.6 is 0 Å². The van der Waals surface area contributed by atoms with E-state index in [2.05, 4.69) is 4.98 Å². The maximum absolute atomic E-state index is 12.4. The van der Waals surface area contributed by atoms with Crippen molar-refractivity contribution in [2.24, 2.45) is 0 Å². The van der Waals surface area contributed by atoms with Crippen LogP contribution in [0.2, 0.25) is 0 Å². The van der Waals surface area contributed by atoms with Crippen LogP contribution in [0.5, 0.6) is 0 Å². The molecule has 2 heterocycles. The molecule has 0 aromatic carbocycles. The monoisotopic (exact) mass is 201 g/mol. The van der Waals surface area contributed by atoms with Gasteiger partial charge in [-0.15, -0.1) is 0 Å². The number of hydrogen-bond donors (Lipinski definition) is 1. The molecule has 74 valence electrons. The van der Waals surface area contributed by atoms with E-state index < -0.39 is 11.7 Å². The van der Waals surface area contributed by atoms with Crippen molar-refractivity contribution in [1.82, 2.24) is 9.66 Å². The number of rotatable bonds is 0. The van der Waals surface area contributed by atoms with Crippen LogP contribution in [0, 0.1) is 0 Å². The Labute approximate surface area is 76.9 Å². The van der Waals surface area contributed by atoms with Gasteiger partial charge in [-0.25, -0.2) is 0 Å². The number of hydrogen-bond acceptors (Lipinski definition) is 2. The predicted molar refractivity (Wildman–Crippen MR) is 44.9 cm³/mol. The molecule has 0 bridgehead atoms. The van der Waals surface area contributed by atoms with Gasteiger partial charge < -0.3 is 5.84 Å². The van der Waals surface area contributed by atoms with Crippen molar-refractivity contribution in [3.63, 3.8) is 0 Å². The Morgan fingerprint density at radius 3 is 2.71 bits per heavy atom. The molecule has 0 amide bonds. The van der Waals surface area contributed by atoms with Crippen LogP contribution < -0.4 is 5.84 Å². The number of fused-ring (bicyclic) bond motifs is 1. The fraction of sp³-hybridized carbons (Fsp3) is 0.125. The average molecular weight is 201 g/mol. The molecule has 2 aromatic heterocycles. The maximum atomic E-state index is 12.4. The van der Waals surface area contributed by atoms with Gasteiger partial charge in [0.25, 0.3) is 0 Å². The number of nitrogen functional groups attached to an aromatic ring is 1. The molecule has 0 saturated heterocycles. The first-order valence-corrected chi connectivity index (χ1v) is 3.77. The molecule has 6 heteroatoms. The summed E-state index contributed by atoms with van der Waals surface area (Å²) in [5.41, 5.74) is -0.449. The Balaban J connectivity index is 2.80. The first-order valence-electron chi connectivity index (χ1n) is 3.77. The maximum Gasteiger partial charge on any atom is 0.418 e. The van der Waals surface area contributed by atoms with E-state index in [1.807, 2.05) is 0 Å². The third-order valence-corrected chi connectivity index (χ3v) is 1.94. The lowest BCUT2D eigenvalue weighted by Gasteiger charge is -2.02. The smallest absolute Gasteiger partial charge is 0.339 e. The predicted octanol–water partition coefficient (Wildman–Crippen LogP) is 1.77. The number of alkyl halides is 3. The van der Waals surface area contributed by atoms with Crippen LogP contribution in [0.3, 0.4) is 0 Å². The quantitative estimate of drug-likeness (QED) is 0.660. The van der Waals surface area contributed by atoms with Crippen LogP contribution in [0.25, 0.3) is 10.9 Å². The summed E-state index contributed by atoms with van der Waals surface area (Å²) in [5, 5.41) is 0.0162. The van der Waals surface area contributed by atoms with Gasteiger partial charge in [0, 0.05) is 24.0 Å². The van der Waals surface area contributed by atoms with Crippen molar-refractivity contribution in [3.8, 4) is 0 Å². The van der Waals surface area contributed by atoms with Crippen LogP contribution in [0.1, 0.15) is 5.56 Å². The van der Waals surface area contributed by atoms with Crippen LogP contribution in [0.15, 0.2) is 24.7 Å². The summed E-state index contributed by atoms with van der Waals surface area (Å²) in [6, 6.07) is 1.44. The second kappa shape index (κ2) is 2.63. The SMILES string of the molecule is Nn1cc(C(F)(F)F)c2cnccc21. The van der Waals surface area contributed by atoms with Gasteiger partial charge in [0.15, 0.2) is 0 Å². The number of nitrogens with zero attached hydrogens (tertiary/aromatic N) is 2. The zero-order valence-corrected chi connectivity index (χ0v) is 6.92. The zero-order chi connectivity index (χ0) is 10.3. The molecule has 14 heavy (non-hydrogen) atoms. The van der Waals surface area contributed by atoms with Crippen LogP contribution in [-0.4, -0.2) is 9.66 Å². The molecule has 2 rings (SSSR count). The molecule has 2 N–H and O–H groups in total. The highest BCUT2D eigenvalue weighted by atomic mass is 19.4. The molecule has 0 radical (unpaired) electrons. The van der Waals surface area contributed by atoms with Crippen molar-refractivity contribution < 1.29 is 13.2 Å². The Kier molecular flexibility index (Phi) is 1.67. The molecule has 0 aliphatic carbocycles. The molecule has 2 aromatic rings. The van der Waals surface area contributed by atoms with Crippen LogP contribution in [-0.2, 0) is 6.18 Å². The molecule has 0 spiro atoms. The highest BCUT2D eigenvalue weighted by molar-refractivity contribution is 5.83. The Morgan fingerprint density at radius 2 is 2.07 bits per heavy atom. The van der Waals surface area contributed by atoms with E-state index in [0.29, 0.717) is 5.52 Å². The standard InChI is InChI=1S/C8H6F3N3/c9-8(10,11)6-4-14(12)7-1-2-13-3-5(6)7/h1-4H,12H2. The summed E-state index contributed by atoms with van der Waals surface area (Å²) in [6.45, 7) is 0. The van der Waals surface area contributed by atoms with Gasteiger partial charge in [-0.2, -0.15) is 13.2 Å². The van der Waals surface area contributed by atoms with Crippen molar-refractivity contribution in [1.29, 1.82) is 0 Å².